The third-order valence-electron chi connectivity index (χ3n) is 7.64. The molecule has 0 saturated carbocycles. The number of aliphatic hydroxyl groups excluding tert-OH is 2. The van der Waals surface area contributed by atoms with Gasteiger partial charge < -0.3 is 39.7 Å². The van der Waals surface area contributed by atoms with E-state index in [1.165, 1.54) is 25.3 Å². The van der Waals surface area contributed by atoms with Crippen molar-refractivity contribution in [2.75, 3.05) is 13.7 Å². The average molecular weight is 529 g/mol. The van der Waals surface area contributed by atoms with Crippen molar-refractivity contribution in [2.45, 2.75) is 62.8 Å². The zero-order valence-corrected chi connectivity index (χ0v) is 20.8. The highest BCUT2D eigenvalue weighted by Crippen LogP contribution is 2.48. The number of aromatic hydroxyl groups is 2. The van der Waals surface area contributed by atoms with Gasteiger partial charge in [-0.15, -0.1) is 0 Å². The number of carbonyl (C=O) groups is 3. The van der Waals surface area contributed by atoms with Crippen LogP contribution in [-0.2, 0) is 27.1 Å². The van der Waals surface area contributed by atoms with Gasteiger partial charge in [-0.2, -0.15) is 0 Å². The number of benzene rings is 2. The fourth-order valence-electron chi connectivity index (χ4n) is 5.55. The van der Waals surface area contributed by atoms with Crippen LogP contribution in [0.25, 0.3) is 0 Å². The van der Waals surface area contributed by atoms with Crippen molar-refractivity contribution >= 4 is 17.3 Å². The number of methoxy groups -OCH3 is 1. The van der Waals surface area contributed by atoms with Crippen LogP contribution in [0.3, 0.4) is 0 Å². The SMILES string of the molecule is CC1OC(O)CC2OC12.COc1cccc2c1C(=O)c1c(O)c3c(c(O)c1C2=O)C[C@@](O)(C(=O)CO)CC3. The van der Waals surface area contributed by atoms with Crippen molar-refractivity contribution in [3.63, 3.8) is 0 Å². The molecule has 11 heteroatoms. The Balaban J connectivity index is 0.000000273. The van der Waals surface area contributed by atoms with E-state index in [0.29, 0.717) is 6.42 Å². The molecular formula is C27H28O11. The number of hydrogen-bond acceptors (Lipinski definition) is 11. The van der Waals surface area contributed by atoms with Gasteiger partial charge >= 0.3 is 0 Å². The molecule has 6 rings (SSSR count). The molecular weight excluding hydrogens is 500 g/mol. The van der Waals surface area contributed by atoms with Crippen molar-refractivity contribution < 1.29 is 54.1 Å². The van der Waals surface area contributed by atoms with Gasteiger partial charge in [-0.3, -0.25) is 14.4 Å². The summed E-state index contributed by atoms with van der Waals surface area (Å²) >= 11 is 0. The number of carbonyl (C=O) groups excluding carboxylic acids is 3. The molecule has 0 spiro atoms. The Labute approximate surface area is 217 Å². The van der Waals surface area contributed by atoms with Crippen LogP contribution in [0.15, 0.2) is 18.2 Å². The van der Waals surface area contributed by atoms with Gasteiger partial charge in [0.15, 0.2) is 17.9 Å². The molecule has 0 aromatic heterocycles. The number of phenolic OH excluding ortho intramolecular Hbond substituents is 2. The Bertz CT molecular complexity index is 1350. The highest BCUT2D eigenvalue weighted by molar-refractivity contribution is 6.31. The van der Waals surface area contributed by atoms with Crippen LogP contribution in [0.5, 0.6) is 17.2 Å². The van der Waals surface area contributed by atoms with Gasteiger partial charge in [0.2, 0.25) is 5.78 Å². The number of hydrogen-bond donors (Lipinski definition) is 5. The Morgan fingerprint density at radius 3 is 2.42 bits per heavy atom. The molecule has 11 nitrogen and oxygen atoms in total. The molecule has 0 bridgehead atoms. The minimum absolute atomic E-state index is 0.00456. The Hall–Kier alpha value is -3.35. The molecule has 2 aromatic rings. The standard InChI is InChI=1S/C21H18O8.C6H10O3/c1-29-12-4-2-3-10-14(12)20(27)16-15(18(10)25)19(26)11-7-21(28,13(23)8-22)6-5-9(11)17(16)24;1-3-6-4(9-6)2-5(7)8-3/h2-4,22,24,26,28H,5-8H2,1H3;3-7H,2H2,1H3/t21-;/m1./s1. The molecule has 2 aliphatic heterocycles. The highest BCUT2D eigenvalue weighted by atomic mass is 16.7. The lowest BCUT2D eigenvalue weighted by molar-refractivity contribution is -0.146. The van der Waals surface area contributed by atoms with E-state index >= 15 is 0 Å². The van der Waals surface area contributed by atoms with Crippen LogP contribution < -0.4 is 4.74 Å². The first-order valence-electron chi connectivity index (χ1n) is 12.2. The number of rotatable bonds is 3. The molecule has 4 unspecified atom stereocenters. The summed E-state index contributed by atoms with van der Waals surface area (Å²) in [6.07, 6.45) is 0.174. The largest absolute Gasteiger partial charge is 0.507 e. The Morgan fingerprint density at radius 2 is 1.76 bits per heavy atom. The van der Waals surface area contributed by atoms with E-state index in [2.05, 4.69) is 0 Å². The maximum Gasteiger partial charge on any atom is 0.202 e. The van der Waals surface area contributed by atoms with Crippen LogP contribution >= 0.6 is 0 Å². The fourth-order valence-corrected chi connectivity index (χ4v) is 5.55. The lowest BCUT2D eigenvalue weighted by Gasteiger charge is -2.34. The van der Waals surface area contributed by atoms with Crippen LogP contribution in [0, 0.1) is 0 Å². The third-order valence-corrected chi connectivity index (χ3v) is 7.64. The quantitative estimate of drug-likeness (QED) is 0.236. The van der Waals surface area contributed by atoms with Crippen LogP contribution in [0.1, 0.15) is 62.7 Å². The van der Waals surface area contributed by atoms with Crippen LogP contribution in [0.4, 0.5) is 0 Å². The summed E-state index contributed by atoms with van der Waals surface area (Å²) in [5, 5.41) is 50.3. The predicted octanol–water partition coefficient (Wildman–Crippen LogP) is 0.544. The van der Waals surface area contributed by atoms with Crippen LogP contribution in [-0.4, -0.2) is 86.8 Å². The first-order valence-corrected chi connectivity index (χ1v) is 12.2. The molecule has 38 heavy (non-hydrogen) atoms. The molecule has 0 amide bonds. The number of epoxide rings is 1. The second-order valence-electron chi connectivity index (χ2n) is 9.91. The molecule has 2 aliphatic carbocycles. The first kappa shape index (κ1) is 26.3. The topological polar surface area (TPSA) is 183 Å². The van der Waals surface area contributed by atoms with E-state index in [1.807, 2.05) is 6.92 Å². The van der Waals surface area contributed by atoms with Crippen LogP contribution in [0.2, 0.25) is 0 Å². The first-order chi connectivity index (χ1) is 18.0. The molecule has 0 radical (unpaired) electrons. The lowest BCUT2D eigenvalue weighted by atomic mass is 9.73. The van der Waals surface area contributed by atoms with E-state index in [1.54, 1.807) is 0 Å². The second-order valence-corrected chi connectivity index (χ2v) is 9.91. The number of ketones is 3. The minimum atomic E-state index is -1.93. The number of phenols is 2. The molecule has 2 heterocycles. The molecule has 4 aliphatic rings. The summed E-state index contributed by atoms with van der Waals surface area (Å²) in [5.41, 5.74) is -2.38. The number of fused-ring (bicyclic) bond motifs is 4. The second kappa shape index (κ2) is 9.44. The summed E-state index contributed by atoms with van der Waals surface area (Å²) in [6, 6.07) is 4.47. The van der Waals surface area contributed by atoms with E-state index in [0.717, 1.165) is 0 Å². The number of aliphatic hydroxyl groups is 3. The van der Waals surface area contributed by atoms with Gasteiger partial charge in [0.05, 0.1) is 36.0 Å². The van der Waals surface area contributed by atoms with E-state index in [4.69, 9.17) is 24.4 Å². The summed E-state index contributed by atoms with van der Waals surface area (Å²) < 4.78 is 15.4. The highest BCUT2D eigenvalue weighted by Gasteiger charge is 2.49. The van der Waals surface area contributed by atoms with Crippen molar-refractivity contribution in [2.24, 2.45) is 0 Å². The van der Waals surface area contributed by atoms with Gasteiger partial charge in [0, 0.05) is 29.5 Å². The van der Waals surface area contributed by atoms with Gasteiger partial charge in [-0.05, 0) is 25.8 Å². The molecule has 2 aromatic carbocycles. The van der Waals surface area contributed by atoms with E-state index in [9.17, 15) is 29.7 Å². The number of ether oxygens (including phenoxy) is 3. The Morgan fingerprint density at radius 1 is 1.08 bits per heavy atom. The summed E-state index contributed by atoms with van der Waals surface area (Å²) in [5.74, 6) is -2.99. The minimum Gasteiger partial charge on any atom is -0.507 e. The maximum atomic E-state index is 13.1. The summed E-state index contributed by atoms with van der Waals surface area (Å²) in [4.78, 5) is 38.2. The van der Waals surface area contributed by atoms with Crippen molar-refractivity contribution in [3.05, 3.63) is 51.6 Å². The molecule has 202 valence electrons. The normalized spacial score (nSPS) is 28.7. The summed E-state index contributed by atoms with van der Waals surface area (Å²) in [6.45, 7) is 1.04. The maximum absolute atomic E-state index is 13.1. The van der Waals surface area contributed by atoms with Crippen molar-refractivity contribution in [3.8, 4) is 17.2 Å². The zero-order chi connectivity index (χ0) is 27.5. The van der Waals surface area contributed by atoms with Gasteiger partial charge in [-0.1, -0.05) is 12.1 Å². The molecule has 5 N–H and O–H groups in total. The molecule has 2 saturated heterocycles. The average Bonchev–Trinajstić information content (AvgIpc) is 3.68. The third kappa shape index (κ3) is 4.07. The zero-order valence-electron chi connectivity index (χ0n) is 20.8. The van der Waals surface area contributed by atoms with E-state index in [-0.39, 0.29) is 76.7 Å². The van der Waals surface area contributed by atoms with Gasteiger partial charge in [0.25, 0.3) is 0 Å². The van der Waals surface area contributed by atoms with Gasteiger partial charge in [-0.25, -0.2) is 0 Å². The Kier molecular flexibility index (Phi) is 6.52. The molecule has 2 fully saturated rings. The lowest BCUT2D eigenvalue weighted by Crippen LogP contribution is -2.45. The number of Topliss-reactive ketones (excluding diaryl/α,β-unsaturated/α-hetero) is 1. The monoisotopic (exact) mass is 528 g/mol. The summed E-state index contributed by atoms with van der Waals surface area (Å²) in [7, 11) is 1.35. The molecule has 5 atom stereocenters. The van der Waals surface area contributed by atoms with Crippen molar-refractivity contribution in [1.29, 1.82) is 0 Å². The van der Waals surface area contributed by atoms with Gasteiger partial charge in [0.1, 0.15) is 35.6 Å². The fraction of sp³-hybridized carbons (Fsp3) is 0.444. The van der Waals surface area contributed by atoms with Crippen molar-refractivity contribution in [1.82, 2.24) is 0 Å². The van der Waals surface area contributed by atoms with E-state index < -0.39 is 47.3 Å². The smallest absolute Gasteiger partial charge is 0.202 e. The predicted molar refractivity (Wildman–Crippen MR) is 129 cm³/mol.